The minimum Gasteiger partial charge on any atom is -0.365 e. The summed E-state index contributed by atoms with van der Waals surface area (Å²) in [4.78, 5) is 20.1. The number of anilines is 1. The van der Waals surface area contributed by atoms with Crippen molar-refractivity contribution in [2.45, 2.75) is 25.9 Å². The molecule has 1 unspecified atom stereocenters. The van der Waals surface area contributed by atoms with Crippen LogP contribution in [0.25, 0.3) is 0 Å². The van der Waals surface area contributed by atoms with Gasteiger partial charge in [-0.25, -0.2) is 13.6 Å². The molecule has 1 fully saturated rings. The molecule has 0 bridgehead atoms. The number of urea groups is 1. The highest BCUT2D eigenvalue weighted by atomic mass is 35.5. The number of benzene rings is 1. The lowest BCUT2D eigenvalue weighted by Gasteiger charge is -2.41. The summed E-state index contributed by atoms with van der Waals surface area (Å²) >= 11 is 6.07. The van der Waals surface area contributed by atoms with E-state index < -0.39 is 5.82 Å². The van der Waals surface area contributed by atoms with Crippen LogP contribution in [0.2, 0.25) is 5.02 Å². The number of nitrogens with one attached hydrogen (secondary N) is 1. The smallest absolute Gasteiger partial charge is 0.318 e. The second kappa shape index (κ2) is 8.08. The first-order chi connectivity index (χ1) is 12.9. The number of amides is 2. The molecular formula is C19H21ClF2N4O. The van der Waals surface area contributed by atoms with Crippen molar-refractivity contribution in [3.63, 3.8) is 0 Å². The van der Waals surface area contributed by atoms with Gasteiger partial charge in [0.2, 0.25) is 0 Å². The van der Waals surface area contributed by atoms with Gasteiger partial charge in [-0.3, -0.25) is 4.98 Å². The van der Waals surface area contributed by atoms with Crippen LogP contribution < -0.4 is 10.2 Å². The number of aromatic nitrogens is 1. The Bertz CT molecular complexity index is 835. The van der Waals surface area contributed by atoms with Crippen LogP contribution in [0.15, 0.2) is 36.7 Å². The first kappa shape index (κ1) is 19.4. The van der Waals surface area contributed by atoms with Gasteiger partial charge in [0.15, 0.2) is 5.82 Å². The lowest BCUT2D eigenvalue weighted by Crippen LogP contribution is -2.57. The minimum atomic E-state index is -0.421. The predicted octanol–water partition coefficient (Wildman–Crippen LogP) is 3.99. The molecule has 1 aliphatic rings. The quantitative estimate of drug-likeness (QED) is 0.856. The Morgan fingerprint density at radius 2 is 2.11 bits per heavy atom. The van der Waals surface area contributed by atoms with Crippen molar-refractivity contribution < 1.29 is 13.6 Å². The van der Waals surface area contributed by atoms with Crippen LogP contribution in [0.5, 0.6) is 0 Å². The number of nitrogens with zero attached hydrogens (tertiary/aromatic N) is 3. The topological polar surface area (TPSA) is 48.5 Å². The summed E-state index contributed by atoms with van der Waals surface area (Å²) in [7, 11) is 0. The van der Waals surface area contributed by atoms with Gasteiger partial charge in [0.25, 0.3) is 0 Å². The molecule has 3 rings (SSSR count). The molecule has 5 nitrogen and oxygen atoms in total. The van der Waals surface area contributed by atoms with Crippen LogP contribution in [-0.2, 0) is 0 Å². The van der Waals surface area contributed by atoms with E-state index in [1.54, 1.807) is 30.2 Å². The molecule has 2 heterocycles. The lowest BCUT2D eigenvalue weighted by molar-refractivity contribution is 0.168. The van der Waals surface area contributed by atoms with Gasteiger partial charge >= 0.3 is 6.03 Å². The average molecular weight is 395 g/mol. The highest BCUT2D eigenvalue weighted by Gasteiger charge is 2.29. The van der Waals surface area contributed by atoms with Crippen LogP contribution in [0.4, 0.5) is 19.3 Å². The molecular weight excluding hydrogens is 374 g/mol. The summed E-state index contributed by atoms with van der Waals surface area (Å²) in [6.07, 6.45) is 2.74. The second-order valence-corrected chi connectivity index (χ2v) is 7.06. The molecule has 1 saturated heterocycles. The van der Waals surface area contributed by atoms with E-state index in [2.05, 4.69) is 10.3 Å². The fraction of sp³-hybridized carbons (Fsp3) is 0.368. The normalized spacial score (nSPS) is 18.3. The SMILES string of the molecule is CC1CN(c2ccncc2F)CCN1C(=O)N[C@H](C)c1ccc(F)cc1Cl. The molecule has 0 saturated carbocycles. The van der Waals surface area contributed by atoms with Gasteiger partial charge in [-0.1, -0.05) is 17.7 Å². The molecule has 1 aliphatic heterocycles. The van der Waals surface area contributed by atoms with Gasteiger partial charge in [0, 0.05) is 36.9 Å². The molecule has 2 amide bonds. The molecule has 2 aromatic rings. The Kier molecular flexibility index (Phi) is 5.79. The van der Waals surface area contributed by atoms with Crippen LogP contribution in [0.1, 0.15) is 25.5 Å². The monoisotopic (exact) mass is 394 g/mol. The molecule has 1 N–H and O–H groups in total. The van der Waals surface area contributed by atoms with Gasteiger partial charge in [0.05, 0.1) is 17.9 Å². The summed E-state index contributed by atoms with van der Waals surface area (Å²) in [6.45, 7) is 5.20. The standard InChI is InChI=1S/C19H21ClF2N4O/c1-12-11-25(18-5-6-23-10-17(18)22)7-8-26(12)19(27)24-13(2)15-4-3-14(21)9-16(15)20/h3-6,9-10,12-13H,7-8,11H2,1-2H3,(H,24,27)/t12?,13-/m1/s1. The number of hydrogen-bond acceptors (Lipinski definition) is 3. The summed E-state index contributed by atoms with van der Waals surface area (Å²) in [5.74, 6) is -0.794. The van der Waals surface area contributed by atoms with Gasteiger partial charge in [-0.05, 0) is 37.6 Å². The Hall–Kier alpha value is -2.41. The summed E-state index contributed by atoms with van der Waals surface area (Å²) in [5.41, 5.74) is 1.14. The highest BCUT2D eigenvalue weighted by molar-refractivity contribution is 6.31. The van der Waals surface area contributed by atoms with Crippen LogP contribution in [0.3, 0.4) is 0 Å². The largest absolute Gasteiger partial charge is 0.365 e. The third-order valence-electron chi connectivity index (χ3n) is 4.75. The molecule has 1 aromatic carbocycles. The number of halogens is 3. The van der Waals surface area contributed by atoms with Crippen LogP contribution >= 0.6 is 11.6 Å². The van der Waals surface area contributed by atoms with E-state index in [4.69, 9.17) is 11.6 Å². The van der Waals surface area contributed by atoms with Gasteiger partial charge in [-0.15, -0.1) is 0 Å². The first-order valence-corrected chi connectivity index (χ1v) is 9.11. The first-order valence-electron chi connectivity index (χ1n) is 8.73. The van der Waals surface area contributed by atoms with Crippen molar-refractivity contribution >= 4 is 23.3 Å². The maximum absolute atomic E-state index is 13.9. The molecule has 144 valence electrons. The van der Waals surface area contributed by atoms with Crippen molar-refractivity contribution in [2.24, 2.45) is 0 Å². The Morgan fingerprint density at radius 1 is 1.33 bits per heavy atom. The molecule has 0 radical (unpaired) electrons. The maximum atomic E-state index is 13.9. The summed E-state index contributed by atoms with van der Waals surface area (Å²) in [5, 5.41) is 3.17. The third-order valence-corrected chi connectivity index (χ3v) is 5.08. The average Bonchev–Trinajstić information content (AvgIpc) is 2.61. The van der Waals surface area contributed by atoms with Crippen molar-refractivity contribution in [1.29, 1.82) is 0 Å². The van der Waals surface area contributed by atoms with E-state index in [0.717, 1.165) is 0 Å². The van der Waals surface area contributed by atoms with E-state index in [1.807, 2.05) is 11.8 Å². The van der Waals surface area contributed by atoms with Gasteiger partial charge in [0.1, 0.15) is 5.82 Å². The van der Waals surface area contributed by atoms with Gasteiger partial charge < -0.3 is 15.1 Å². The molecule has 1 aromatic heterocycles. The zero-order valence-electron chi connectivity index (χ0n) is 15.1. The lowest BCUT2D eigenvalue weighted by atomic mass is 10.1. The number of carbonyl (C=O) groups is 1. The third kappa shape index (κ3) is 4.30. The van der Waals surface area contributed by atoms with Crippen molar-refractivity contribution in [2.75, 3.05) is 24.5 Å². The minimum absolute atomic E-state index is 0.109. The molecule has 0 spiro atoms. The Labute approximate surface area is 161 Å². The zero-order chi connectivity index (χ0) is 19.6. The molecule has 0 aliphatic carbocycles. The predicted molar refractivity (Wildman–Crippen MR) is 101 cm³/mol. The second-order valence-electron chi connectivity index (χ2n) is 6.65. The van der Waals surface area contributed by atoms with E-state index in [1.165, 1.54) is 18.3 Å². The maximum Gasteiger partial charge on any atom is 0.318 e. The molecule has 27 heavy (non-hydrogen) atoms. The molecule has 8 heteroatoms. The number of rotatable bonds is 3. The fourth-order valence-corrected chi connectivity index (χ4v) is 3.63. The van der Waals surface area contributed by atoms with E-state index in [9.17, 15) is 13.6 Å². The fourth-order valence-electron chi connectivity index (χ4n) is 3.30. The van der Waals surface area contributed by atoms with E-state index >= 15 is 0 Å². The number of carbonyl (C=O) groups excluding carboxylic acids is 1. The van der Waals surface area contributed by atoms with Gasteiger partial charge in [-0.2, -0.15) is 0 Å². The van der Waals surface area contributed by atoms with Crippen molar-refractivity contribution in [3.05, 3.63) is 58.9 Å². The number of hydrogen-bond donors (Lipinski definition) is 1. The van der Waals surface area contributed by atoms with Crippen molar-refractivity contribution in [3.8, 4) is 0 Å². The van der Waals surface area contributed by atoms with Crippen LogP contribution in [-0.4, -0.2) is 41.6 Å². The van der Waals surface area contributed by atoms with Crippen LogP contribution in [0, 0.1) is 11.6 Å². The van der Waals surface area contributed by atoms with E-state index in [-0.39, 0.29) is 29.0 Å². The van der Waals surface area contributed by atoms with Crippen molar-refractivity contribution in [1.82, 2.24) is 15.2 Å². The Morgan fingerprint density at radius 3 is 2.78 bits per heavy atom. The van der Waals surface area contributed by atoms with E-state index in [0.29, 0.717) is 30.9 Å². The number of piperazine rings is 1. The molecule has 2 atom stereocenters. The zero-order valence-corrected chi connectivity index (χ0v) is 15.9. The summed E-state index contributed by atoms with van der Waals surface area (Å²) in [6, 6.07) is 5.03. The number of pyridine rings is 1. The summed E-state index contributed by atoms with van der Waals surface area (Å²) < 4.78 is 27.2. The highest BCUT2D eigenvalue weighted by Crippen LogP contribution is 2.25. The Balaban J connectivity index is 1.64.